The number of hydrogen-bond acceptors (Lipinski definition) is 4. The quantitative estimate of drug-likeness (QED) is 0.834. The van der Waals surface area contributed by atoms with Crippen LogP contribution in [0.5, 0.6) is 0 Å². The minimum atomic E-state index is -0.398. The van der Waals surface area contributed by atoms with Crippen LogP contribution in [0.1, 0.15) is 29.8 Å². The topological polar surface area (TPSA) is 64.4 Å². The molecule has 1 saturated heterocycles. The molecule has 25 heavy (non-hydrogen) atoms. The van der Waals surface area contributed by atoms with E-state index in [2.05, 4.69) is 5.10 Å². The summed E-state index contributed by atoms with van der Waals surface area (Å²) in [6.07, 6.45) is 3.03. The number of morpholine rings is 1. The van der Waals surface area contributed by atoms with Crippen molar-refractivity contribution < 1.29 is 13.9 Å². The molecule has 1 amide bonds. The molecule has 0 unspecified atom stereocenters. The summed E-state index contributed by atoms with van der Waals surface area (Å²) < 4.78 is 20.0. The third-order valence-electron chi connectivity index (χ3n) is 4.83. The molecule has 130 valence electrons. The van der Waals surface area contributed by atoms with Gasteiger partial charge in [0.1, 0.15) is 11.5 Å². The second-order valence-corrected chi connectivity index (χ2v) is 6.35. The molecule has 2 fully saturated rings. The molecule has 0 radical (unpaired) electrons. The first-order chi connectivity index (χ1) is 12.1. The van der Waals surface area contributed by atoms with Crippen LogP contribution in [0, 0.1) is 5.82 Å². The zero-order chi connectivity index (χ0) is 17.4. The maximum absolute atomic E-state index is 13.1. The minimum Gasteiger partial charge on any atom is -0.374 e. The Morgan fingerprint density at radius 3 is 2.76 bits per heavy atom. The van der Waals surface area contributed by atoms with Crippen LogP contribution in [-0.4, -0.2) is 45.9 Å². The van der Waals surface area contributed by atoms with E-state index in [1.54, 1.807) is 0 Å². The summed E-state index contributed by atoms with van der Waals surface area (Å²) >= 11 is 0. The number of carbonyl (C=O) groups excluding carboxylic acids is 1. The van der Waals surface area contributed by atoms with Gasteiger partial charge in [0.25, 0.3) is 11.5 Å². The first-order valence-electron chi connectivity index (χ1n) is 8.42. The van der Waals surface area contributed by atoms with Crippen molar-refractivity contribution in [3.8, 4) is 5.69 Å². The largest absolute Gasteiger partial charge is 0.374 e. The minimum absolute atomic E-state index is 0.0780. The van der Waals surface area contributed by atoms with Gasteiger partial charge in [0.2, 0.25) is 0 Å². The molecule has 4 rings (SSSR count). The summed E-state index contributed by atoms with van der Waals surface area (Å²) in [5.74, 6) is -0.597. The van der Waals surface area contributed by atoms with Crippen LogP contribution in [0.4, 0.5) is 4.39 Å². The number of fused-ring (bicyclic) bond motifs is 1. The van der Waals surface area contributed by atoms with Crippen LogP contribution in [0.25, 0.3) is 5.69 Å². The Balaban J connectivity index is 1.66. The van der Waals surface area contributed by atoms with Crippen molar-refractivity contribution in [3.63, 3.8) is 0 Å². The Labute approximate surface area is 143 Å². The molecule has 0 spiro atoms. The van der Waals surface area contributed by atoms with Gasteiger partial charge in [-0.2, -0.15) is 9.78 Å². The van der Waals surface area contributed by atoms with E-state index in [-0.39, 0.29) is 29.3 Å². The Morgan fingerprint density at radius 2 is 1.96 bits per heavy atom. The van der Waals surface area contributed by atoms with Crippen molar-refractivity contribution >= 4 is 5.91 Å². The molecule has 1 aromatic heterocycles. The van der Waals surface area contributed by atoms with Gasteiger partial charge in [-0.3, -0.25) is 9.59 Å². The molecule has 1 saturated carbocycles. The molecule has 2 aromatic rings. The van der Waals surface area contributed by atoms with E-state index in [1.807, 2.05) is 4.90 Å². The number of rotatable bonds is 2. The van der Waals surface area contributed by atoms with E-state index < -0.39 is 5.82 Å². The van der Waals surface area contributed by atoms with E-state index in [0.29, 0.717) is 18.8 Å². The standard InChI is InChI=1S/C18H18FN3O3/c19-12-4-6-13(7-5-12)22-17(23)9-8-14(20-22)18(24)21-10-11-25-16-3-1-2-15(16)21/h4-9,15-16H,1-3,10-11H2/t15-,16-/m0/s1. The fourth-order valence-corrected chi connectivity index (χ4v) is 3.62. The number of carbonyl (C=O) groups is 1. The van der Waals surface area contributed by atoms with Crippen molar-refractivity contribution in [2.75, 3.05) is 13.2 Å². The Morgan fingerprint density at radius 1 is 1.16 bits per heavy atom. The van der Waals surface area contributed by atoms with Crippen LogP contribution in [-0.2, 0) is 4.74 Å². The number of benzene rings is 1. The van der Waals surface area contributed by atoms with Crippen LogP contribution >= 0.6 is 0 Å². The Bertz CT molecular complexity index is 849. The van der Waals surface area contributed by atoms with Gasteiger partial charge in [-0.15, -0.1) is 0 Å². The monoisotopic (exact) mass is 343 g/mol. The molecule has 0 N–H and O–H groups in total. The number of hydrogen-bond donors (Lipinski definition) is 0. The normalized spacial score (nSPS) is 22.7. The summed E-state index contributed by atoms with van der Waals surface area (Å²) in [7, 11) is 0. The van der Waals surface area contributed by atoms with Gasteiger partial charge in [-0.05, 0) is 49.6 Å². The van der Waals surface area contributed by atoms with Crippen molar-refractivity contribution in [3.05, 3.63) is 58.3 Å². The van der Waals surface area contributed by atoms with Gasteiger partial charge in [0, 0.05) is 12.6 Å². The third kappa shape index (κ3) is 2.95. The van der Waals surface area contributed by atoms with E-state index >= 15 is 0 Å². The molecule has 2 aliphatic rings. The number of nitrogens with zero attached hydrogens (tertiary/aromatic N) is 3. The second-order valence-electron chi connectivity index (χ2n) is 6.35. The molecular formula is C18H18FN3O3. The smallest absolute Gasteiger partial charge is 0.274 e. The average molecular weight is 343 g/mol. The lowest BCUT2D eigenvalue weighted by Crippen LogP contribution is -2.51. The SMILES string of the molecule is O=C(c1ccc(=O)n(-c2ccc(F)cc2)n1)N1CCO[C@H]2CCC[C@@H]21. The first kappa shape index (κ1) is 16.0. The molecular weight excluding hydrogens is 325 g/mol. The molecule has 1 aromatic carbocycles. The molecule has 0 bridgehead atoms. The highest BCUT2D eigenvalue weighted by Crippen LogP contribution is 2.30. The van der Waals surface area contributed by atoms with E-state index in [1.165, 1.54) is 36.4 Å². The molecule has 2 heterocycles. The zero-order valence-electron chi connectivity index (χ0n) is 13.6. The van der Waals surface area contributed by atoms with E-state index in [0.717, 1.165) is 23.9 Å². The third-order valence-corrected chi connectivity index (χ3v) is 4.83. The van der Waals surface area contributed by atoms with Crippen LogP contribution in [0.2, 0.25) is 0 Å². The highest BCUT2D eigenvalue weighted by molar-refractivity contribution is 5.92. The van der Waals surface area contributed by atoms with Crippen molar-refractivity contribution in [2.24, 2.45) is 0 Å². The zero-order valence-corrected chi connectivity index (χ0v) is 13.6. The van der Waals surface area contributed by atoms with Crippen LogP contribution < -0.4 is 5.56 Å². The second kappa shape index (κ2) is 6.40. The summed E-state index contributed by atoms with van der Waals surface area (Å²) in [6, 6.07) is 8.26. The van der Waals surface area contributed by atoms with Gasteiger partial charge >= 0.3 is 0 Å². The van der Waals surface area contributed by atoms with Gasteiger partial charge < -0.3 is 9.64 Å². The molecule has 6 nitrogen and oxygen atoms in total. The first-order valence-corrected chi connectivity index (χ1v) is 8.42. The van der Waals surface area contributed by atoms with Crippen molar-refractivity contribution in [1.82, 2.24) is 14.7 Å². The van der Waals surface area contributed by atoms with Crippen LogP contribution in [0.3, 0.4) is 0 Å². The lowest BCUT2D eigenvalue weighted by Gasteiger charge is -2.37. The van der Waals surface area contributed by atoms with Gasteiger partial charge in [0.15, 0.2) is 0 Å². The Kier molecular flexibility index (Phi) is 4.09. The lowest BCUT2D eigenvalue weighted by atomic mass is 10.1. The predicted molar refractivity (Wildman–Crippen MR) is 88.2 cm³/mol. The fourth-order valence-electron chi connectivity index (χ4n) is 3.62. The number of aromatic nitrogens is 2. The highest BCUT2D eigenvalue weighted by Gasteiger charge is 2.39. The van der Waals surface area contributed by atoms with Gasteiger partial charge in [-0.1, -0.05) is 0 Å². The van der Waals surface area contributed by atoms with Crippen LogP contribution in [0.15, 0.2) is 41.2 Å². The Hall–Kier alpha value is -2.54. The van der Waals surface area contributed by atoms with E-state index in [4.69, 9.17) is 4.74 Å². The summed E-state index contributed by atoms with van der Waals surface area (Å²) in [4.78, 5) is 26.8. The lowest BCUT2D eigenvalue weighted by molar-refractivity contribution is -0.0447. The predicted octanol–water partition coefficient (Wildman–Crippen LogP) is 1.77. The molecule has 1 aliphatic carbocycles. The summed E-state index contributed by atoms with van der Waals surface area (Å²) in [5, 5.41) is 4.21. The highest BCUT2D eigenvalue weighted by atomic mass is 19.1. The van der Waals surface area contributed by atoms with E-state index in [9.17, 15) is 14.0 Å². The summed E-state index contributed by atoms with van der Waals surface area (Å²) in [6.45, 7) is 1.04. The number of ether oxygens (including phenoxy) is 1. The fraction of sp³-hybridized carbons (Fsp3) is 0.389. The summed E-state index contributed by atoms with van der Waals surface area (Å²) in [5.41, 5.74) is 0.252. The molecule has 1 aliphatic heterocycles. The maximum atomic E-state index is 13.1. The maximum Gasteiger partial charge on any atom is 0.274 e. The number of amides is 1. The van der Waals surface area contributed by atoms with Gasteiger partial charge in [0.05, 0.1) is 24.4 Å². The number of halogens is 1. The van der Waals surface area contributed by atoms with Gasteiger partial charge in [-0.25, -0.2) is 4.39 Å². The average Bonchev–Trinajstić information content (AvgIpc) is 3.11. The molecule has 2 atom stereocenters. The molecule has 7 heteroatoms. The van der Waals surface area contributed by atoms with Crippen molar-refractivity contribution in [2.45, 2.75) is 31.4 Å². The van der Waals surface area contributed by atoms with Crippen molar-refractivity contribution in [1.29, 1.82) is 0 Å².